The Balaban J connectivity index is 1.31. The minimum atomic E-state index is -3.74. The van der Waals surface area contributed by atoms with Gasteiger partial charge in [-0.25, -0.2) is 4.39 Å². The minimum Gasteiger partial charge on any atom is -0.378 e. The van der Waals surface area contributed by atoms with Crippen LogP contribution in [0.4, 0.5) is 4.39 Å². The second-order valence-electron chi connectivity index (χ2n) is 8.81. The number of hydrogen-bond donors (Lipinski definition) is 0. The molecule has 5 nitrogen and oxygen atoms in total. The summed E-state index contributed by atoms with van der Waals surface area (Å²) in [7, 11) is -2.14. The number of hydrogen-bond acceptors (Lipinski definition) is 5. The third-order valence-corrected chi connectivity index (χ3v) is 7.90. The zero-order valence-electron chi connectivity index (χ0n) is 18.1. The number of benzene rings is 1. The summed E-state index contributed by atoms with van der Waals surface area (Å²) in [4.78, 5) is 0.170. The Morgan fingerprint density at radius 1 is 0.967 bits per heavy atom. The van der Waals surface area contributed by atoms with Gasteiger partial charge in [0.05, 0.1) is 30.3 Å². The lowest BCUT2D eigenvalue weighted by Crippen LogP contribution is -2.33. The Morgan fingerprint density at radius 2 is 1.63 bits per heavy atom. The summed E-state index contributed by atoms with van der Waals surface area (Å²) < 4.78 is 54.6. The smallest absolute Gasteiger partial charge is 0.297 e. The molecule has 3 atom stereocenters. The van der Waals surface area contributed by atoms with Gasteiger partial charge in [0.1, 0.15) is 6.17 Å². The monoisotopic (exact) mass is 442 g/mol. The molecular formula is C23H35FO5S. The van der Waals surface area contributed by atoms with Gasteiger partial charge in [0, 0.05) is 7.11 Å². The fourth-order valence-corrected chi connectivity index (χ4v) is 5.68. The quantitative estimate of drug-likeness (QED) is 0.405. The van der Waals surface area contributed by atoms with E-state index in [-0.39, 0.29) is 30.3 Å². The first-order chi connectivity index (χ1) is 14.4. The average molecular weight is 443 g/mol. The zero-order chi connectivity index (χ0) is 21.6. The maximum atomic E-state index is 14.1. The lowest BCUT2D eigenvalue weighted by atomic mass is 9.76. The van der Waals surface area contributed by atoms with Crippen LogP contribution in [0.15, 0.2) is 29.2 Å². The van der Waals surface area contributed by atoms with Crippen molar-refractivity contribution in [2.24, 2.45) is 11.8 Å². The molecule has 2 fully saturated rings. The summed E-state index contributed by atoms with van der Waals surface area (Å²) in [6, 6.07) is 6.61. The second-order valence-corrected chi connectivity index (χ2v) is 10.4. The van der Waals surface area contributed by atoms with Crippen LogP contribution in [0.3, 0.4) is 0 Å². The third-order valence-electron chi connectivity index (χ3n) is 6.57. The van der Waals surface area contributed by atoms with E-state index in [1.54, 1.807) is 31.4 Å². The minimum absolute atomic E-state index is 0.0246. The van der Waals surface area contributed by atoms with Crippen molar-refractivity contribution in [1.29, 1.82) is 0 Å². The van der Waals surface area contributed by atoms with Crippen LogP contribution >= 0.6 is 0 Å². The Labute approximate surface area is 180 Å². The topological polar surface area (TPSA) is 61.8 Å². The van der Waals surface area contributed by atoms with Crippen molar-refractivity contribution in [3.63, 3.8) is 0 Å². The molecule has 0 aromatic heterocycles. The molecule has 0 amide bonds. The molecule has 2 aliphatic rings. The van der Waals surface area contributed by atoms with E-state index < -0.39 is 16.3 Å². The SMILES string of the molecule is COC1CCC(CC2CCC(OCCOS(=O)(=O)c3ccc(C)cc3)CC2)CC1F. The molecule has 0 heterocycles. The van der Waals surface area contributed by atoms with E-state index in [2.05, 4.69) is 0 Å². The standard InChI is InChI=1S/C23H35FO5S/c1-17-3-10-21(11-4-17)30(25,26)29-14-13-28-20-8-5-18(6-9-20)15-19-7-12-23(27-2)22(24)16-19/h3-4,10-11,18-20,22-23H,5-9,12-16H2,1-2H3. The molecule has 0 bridgehead atoms. The van der Waals surface area contributed by atoms with Crippen molar-refractivity contribution in [3.05, 3.63) is 29.8 Å². The van der Waals surface area contributed by atoms with E-state index in [1.165, 1.54) is 0 Å². The first kappa shape index (κ1) is 23.6. The van der Waals surface area contributed by atoms with Crippen molar-refractivity contribution in [1.82, 2.24) is 0 Å². The van der Waals surface area contributed by atoms with Gasteiger partial charge in [0.15, 0.2) is 0 Å². The van der Waals surface area contributed by atoms with Crippen LogP contribution in [0.5, 0.6) is 0 Å². The highest BCUT2D eigenvalue weighted by atomic mass is 32.2. The first-order valence-electron chi connectivity index (χ1n) is 11.1. The second kappa shape index (κ2) is 11.0. The maximum Gasteiger partial charge on any atom is 0.297 e. The molecule has 0 aliphatic heterocycles. The summed E-state index contributed by atoms with van der Waals surface area (Å²) in [6.45, 7) is 2.20. The van der Waals surface area contributed by atoms with Crippen molar-refractivity contribution in [2.75, 3.05) is 20.3 Å². The predicted octanol–water partition coefficient (Wildman–Crippen LogP) is 4.82. The molecular weight excluding hydrogens is 407 g/mol. The van der Waals surface area contributed by atoms with E-state index in [1.807, 2.05) is 6.92 Å². The number of ether oxygens (including phenoxy) is 2. The number of halogens is 1. The van der Waals surface area contributed by atoms with Gasteiger partial charge in [-0.1, -0.05) is 17.7 Å². The van der Waals surface area contributed by atoms with E-state index >= 15 is 0 Å². The summed E-state index contributed by atoms with van der Waals surface area (Å²) >= 11 is 0. The number of alkyl halides is 1. The van der Waals surface area contributed by atoms with Crippen molar-refractivity contribution < 1.29 is 26.5 Å². The van der Waals surface area contributed by atoms with E-state index in [0.717, 1.165) is 50.5 Å². The van der Waals surface area contributed by atoms with Crippen LogP contribution in [-0.2, 0) is 23.8 Å². The van der Waals surface area contributed by atoms with Gasteiger partial charge in [-0.05, 0) is 82.3 Å². The van der Waals surface area contributed by atoms with E-state index in [9.17, 15) is 12.8 Å². The molecule has 0 spiro atoms. The molecule has 2 saturated carbocycles. The Kier molecular flexibility index (Phi) is 8.69. The molecule has 0 radical (unpaired) electrons. The van der Waals surface area contributed by atoms with Gasteiger partial charge < -0.3 is 9.47 Å². The average Bonchev–Trinajstić information content (AvgIpc) is 2.73. The molecule has 2 aliphatic carbocycles. The Morgan fingerprint density at radius 3 is 2.27 bits per heavy atom. The van der Waals surface area contributed by atoms with Gasteiger partial charge in [-0.15, -0.1) is 0 Å². The summed E-state index contributed by atoms with van der Waals surface area (Å²) in [5.41, 5.74) is 1.00. The van der Waals surface area contributed by atoms with Crippen LogP contribution in [0.25, 0.3) is 0 Å². The van der Waals surface area contributed by atoms with Crippen LogP contribution in [0, 0.1) is 18.8 Å². The number of rotatable bonds is 9. The van der Waals surface area contributed by atoms with Crippen LogP contribution in [0.1, 0.15) is 56.9 Å². The molecule has 1 aromatic rings. The fraction of sp³-hybridized carbons (Fsp3) is 0.739. The molecule has 30 heavy (non-hydrogen) atoms. The van der Waals surface area contributed by atoms with Crippen molar-refractivity contribution in [3.8, 4) is 0 Å². The lowest BCUT2D eigenvalue weighted by Gasteiger charge is -2.35. The Bertz CT molecular complexity index is 743. The largest absolute Gasteiger partial charge is 0.378 e. The number of aryl methyl sites for hydroxylation is 1. The van der Waals surface area contributed by atoms with Gasteiger partial charge in [0.2, 0.25) is 0 Å². The fourth-order valence-electron chi connectivity index (χ4n) is 4.79. The predicted molar refractivity (Wildman–Crippen MR) is 114 cm³/mol. The van der Waals surface area contributed by atoms with Crippen LogP contribution in [-0.4, -0.2) is 47.1 Å². The molecule has 170 valence electrons. The molecule has 1 aromatic carbocycles. The molecule has 7 heteroatoms. The van der Waals surface area contributed by atoms with Crippen molar-refractivity contribution >= 4 is 10.1 Å². The highest BCUT2D eigenvalue weighted by molar-refractivity contribution is 7.86. The summed E-state index contributed by atoms with van der Waals surface area (Å²) in [5, 5.41) is 0. The molecule has 3 unspecified atom stereocenters. The van der Waals surface area contributed by atoms with Gasteiger partial charge in [-0.3, -0.25) is 4.18 Å². The highest BCUT2D eigenvalue weighted by Crippen LogP contribution is 2.37. The number of methoxy groups -OCH3 is 1. The highest BCUT2D eigenvalue weighted by Gasteiger charge is 2.32. The summed E-state index contributed by atoms with van der Waals surface area (Å²) in [5.74, 6) is 1.11. The molecule has 0 N–H and O–H groups in total. The molecule has 0 saturated heterocycles. The van der Waals surface area contributed by atoms with Crippen molar-refractivity contribution in [2.45, 2.75) is 81.6 Å². The van der Waals surface area contributed by atoms with Gasteiger partial charge in [-0.2, -0.15) is 8.42 Å². The normalized spacial score (nSPS) is 30.3. The van der Waals surface area contributed by atoms with Crippen LogP contribution in [0.2, 0.25) is 0 Å². The van der Waals surface area contributed by atoms with Gasteiger partial charge >= 0.3 is 0 Å². The van der Waals surface area contributed by atoms with Gasteiger partial charge in [0.25, 0.3) is 10.1 Å². The Hall–Kier alpha value is -1.02. The maximum absolute atomic E-state index is 14.1. The van der Waals surface area contributed by atoms with E-state index in [4.69, 9.17) is 13.7 Å². The zero-order valence-corrected chi connectivity index (χ0v) is 18.9. The van der Waals surface area contributed by atoms with E-state index in [0.29, 0.717) is 18.3 Å². The molecule has 3 rings (SSSR count). The summed E-state index contributed by atoms with van der Waals surface area (Å²) in [6.07, 6.45) is 6.85. The van der Waals surface area contributed by atoms with Crippen LogP contribution < -0.4 is 0 Å². The lowest BCUT2D eigenvalue weighted by molar-refractivity contribution is -0.0188. The third kappa shape index (κ3) is 6.74. The first-order valence-corrected chi connectivity index (χ1v) is 12.5.